The SMILES string of the molecule is CCCNC(=NCC(=O)N(C)C)NC(C)c1cccc(C(F)(F)F)c1. The molecule has 1 aromatic carbocycles. The Labute approximate surface area is 146 Å². The molecule has 0 aliphatic rings. The van der Waals surface area contributed by atoms with E-state index in [1.807, 2.05) is 6.92 Å². The number of hydrogen-bond donors (Lipinski definition) is 2. The monoisotopic (exact) mass is 358 g/mol. The summed E-state index contributed by atoms with van der Waals surface area (Å²) in [5.74, 6) is 0.228. The number of aliphatic imine (C=N–C) groups is 1. The van der Waals surface area contributed by atoms with Gasteiger partial charge in [0.05, 0.1) is 11.6 Å². The van der Waals surface area contributed by atoms with E-state index in [0.717, 1.165) is 18.6 Å². The van der Waals surface area contributed by atoms with Crippen LogP contribution in [0, 0.1) is 0 Å². The van der Waals surface area contributed by atoms with Gasteiger partial charge in [-0.05, 0) is 31.0 Å². The predicted octanol–water partition coefficient (Wildman–Crippen LogP) is 2.80. The van der Waals surface area contributed by atoms with Gasteiger partial charge in [-0.25, -0.2) is 4.99 Å². The molecule has 0 saturated heterocycles. The summed E-state index contributed by atoms with van der Waals surface area (Å²) in [6.07, 6.45) is -3.54. The van der Waals surface area contributed by atoms with Gasteiger partial charge in [-0.3, -0.25) is 4.79 Å². The highest BCUT2D eigenvalue weighted by Gasteiger charge is 2.30. The number of likely N-dealkylation sites (N-methyl/N-ethyl adjacent to an activating group) is 1. The summed E-state index contributed by atoms with van der Waals surface area (Å²) in [7, 11) is 3.27. The Kier molecular flexibility index (Phi) is 7.73. The zero-order valence-corrected chi connectivity index (χ0v) is 14.9. The quantitative estimate of drug-likeness (QED) is 0.607. The molecule has 0 saturated carbocycles. The van der Waals surface area contributed by atoms with Crippen LogP contribution < -0.4 is 10.6 Å². The standard InChI is InChI=1S/C17H25F3N4O/c1-5-9-21-16(22-11-15(25)24(3)4)23-12(2)13-7-6-8-14(10-13)17(18,19)20/h6-8,10,12H,5,9,11H2,1-4H3,(H2,21,22,23). The molecule has 5 nitrogen and oxygen atoms in total. The van der Waals surface area contributed by atoms with Crippen LogP contribution >= 0.6 is 0 Å². The van der Waals surface area contributed by atoms with Crippen LogP contribution in [0.1, 0.15) is 37.4 Å². The van der Waals surface area contributed by atoms with E-state index in [4.69, 9.17) is 0 Å². The summed E-state index contributed by atoms with van der Waals surface area (Å²) in [5, 5.41) is 6.10. The summed E-state index contributed by atoms with van der Waals surface area (Å²) >= 11 is 0. The van der Waals surface area contributed by atoms with Crippen LogP contribution in [0.3, 0.4) is 0 Å². The summed E-state index contributed by atoms with van der Waals surface area (Å²) in [4.78, 5) is 17.3. The van der Waals surface area contributed by atoms with Crippen molar-refractivity contribution in [1.29, 1.82) is 0 Å². The topological polar surface area (TPSA) is 56.7 Å². The van der Waals surface area contributed by atoms with Crippen LogP contribution in [0.5, 0.6) is 0 Å². The van der Waals surface area contributed by atoms with Crippen molar-refractivity contribution in [1.82, 2.24) is 15.5 Å². The number of carbonyl (C=O) groups is 1. The lowest BCUT2D eigenvalue weighted by Crippen LogP contribution is -2.40. The zero-order valence-electron chi connectivity index (χ0n) is 14.9. The van der Waals surface area contributed by atoms with Gasteiger partial charge in [0.1, 0.15) is 6.54 Å². The largest absolute Gasteiger partial charge is 0.416 e. The van der Waals surface area contributed by atoms with E-state index in [0.29, 0.717) is 18.1 Å². The minimum Gasteiger partial charge on any atom is -0.356 e. The molecule has 0 fully saturated rings. The molecular weight excluding hydrogens is 333 g/mol. The van der Waals surface area contributed by atoms with E-state index >= 15 is 0 Å². The molecule has 0 aliphatic carbocycles. The molecule has 0 heterocycles. The highest BCUT2D eigenvalue weighted by atomic mass is 19.4. The normalized spacial score (nSPS) is 13.3. The average molecular weight is 358 g/mol. The fraction of sp³-hybridized carbons (Fsp3) is 0.529. The first-order chi connectivity index (χ1) is 11.6. The molecule has 2 N–H and O–H groups in total. The molecule has 0 aromatic heterocycles. The lowest BCUT2D eigenvalue weighted by molar-refractivity contribution is -0.137. The van der Waals surface area contributed by atoms with E-state index in [2.05, 4.69) is 15.6 Å². The van der Waals surface area contributed by atoms with E-state index in [-0.39, 0.29) is 12.5 Å². The first-order valence-electron chi connectivity index (χ1n) is 8.07. The van der Waals surface area contributed by atoms with Crippen LogP contribution in [-0.4, -0.2) is 44.0 Å². The van der Waals surface area contributed by atoms with Gasteiger partial charge in [-0.2, -0.15) is 13.2 Å². The lowest BCUT2D eigenvalue weighted by atomic mass is 10.1. The molecule has 0 bridgehead atoms. The third-order valence-corrected chi connectivity index (χ3v) is 3.48. The zero-order chi connectivity index (χ0) is 19.0. The second-order valence-electron chi connectivity index (χ2n) is 5.87. The number of halogens is 3. The number of nitrogens with one attached hydrogen (secondary N) is 2. The molecule has 1 aromatic rings. The van der Waals surface area contributed by atoms with Gasteiger partial charge in [0.15, 0.2) is 5.96 Å². The Bertz CT molecular complexity index is 600. The van der Waals surface area contributed by atoms with E-state index < -0.39 is 17.8 Å². The number of carbonyl (C=O) groups excluding carboxylic acids is 1. The van der Waals surface area contributed by atoms with E-state index in [9.17, 15) is 18.0 Å². The van der Waals surface area contributed by atoms with Gasteiger partial charge >= 0.3 is 6.18 Å². The molecule has 1 amide bonds. The molecule has 1 unspecified atom stereocenters. The highest BCUT2D eigenvalue weighted by molar-refractivity contribution is 5.85. The Morgan fingerprint density at radius 3 is 2.56 bits per heavy atom. The molecule has 25 heavy (non-hydrogen) atoms. The maximum absolute atomic E-state index is 12.8. The van der Waals surface area contributed by atoms with Crippen LogP contribution in [0.2, 0.25) is 0 Å². The minimum atomic E-state index is -4.38. The van der Waals surface area contributed by atoms with Gasteiger partial charge in [-0.15, -0.1) is 0 Å². The number of benzene rings is 1. The van der Waals surface area contributed by atoms with Crippen LogP contribution in [0.4, 0.5) is 13.2 Å². The Balaban J connectivity index is 2.88. The Hall–Kier alpha value is -2.25. The molecule has 140 valence electrons. The third kappa shape index (κ3) is 7.03. The average Bonchev–Trinajstić information content (AvgIpc) is 2.56. The van der Waals surface area contributed by atoms with Crippen LogP contribution in [0.15, 0.2) is 29.3 Å². The number of rotatable bonds is 6. The number of guanidine groups is 1. The fourth-order valence-corrected chi connectivity index (χ4v) is 1.96. The predicted molar refractivity (Wildman–Crippen MR) is 92.3 cm³/mol. The van der Waals surface area contributed by atoms with Crippen molar-refractivity contribution < 1.29 is 18.0 Å². The van der Waals surface area contributed by atoms with Gasteiger partial charge in [0.2, 0.25) is 5.91 Å². The van der Waals surface area contributed by atoms with Crippen molar-refractivity contribution in [3.8, 4) is 0 Å². The molecular formula is C17H25F3N4O. The molecule has 1 atom stereocenters. The van der Waals surface area contributed by atoms with Gasteiger partial charge in [0, 0.05) is 20.6 Å². The molecule has 0 spiro atoms. The van der Waals surface area contributed by atoms with Crippen molar-refractivity contribution in [2.75, 3.05) is 27.2 Å². The number of hydrogen-bond acceptors (Lipinski definition) is 2. The summed E-state index contributed by atoms with van der Waals surface area (Å²) in [6.45, 7) is 4.32. The number of alkyl halides is 3. The van der Waals surface area contributed by atoms with Crippen molar-refractivity contribution >= 4 is 11.9 Å². The van der Waals surface area contributed by atoms with E-state index in [1.165, 1.54) is 11.0 Å². The van der Waals surface area contributed by atoms with Gasteiger partial charge in [-0.1, -0.05) is 19.1 Å². The minimum absolute atomic E-state index is 0.0403. The first-order valence-corrected chi connectivity index (χ1v) is 8.07. The smallest absolute Gasteiger partial charge is 0.356 e. The van der Waals surface area contributed by atoms with E-state index in [1.54, 1.807) is 27.1 Å². The van der Waals surface area contributed by atoms with Crippen molar-refractivity contribution in [2.45, 2.75) is 32.5 Å². The van der Waals surface area contributed by atoms with Crippen molar-refractivity contribution in [2.24, 2.45) is 4.99 Å². The Morgan fingerprint density at radius 2 is 2.00 bits per heavy atom. The van der Waals surface area contributed by atoms with Crippen LogP contribution in [0.25, 0.3) is 0 Å². The molecule has 1 rings (SSSR count). The highest BCUT2D eigenvalue weighted by Crippen LogP contribution is 2.30. The summed E-state index contributed by atoms with van der Waals surface area (Å²) < 4.78 is 38.5. The van der Waals surface area contributed by atoms with Crippen molar-refractivity contribution in [3.63, 3.8) is 0 Å². The van der Waals surface area contributed by atoms with Gasteiger partial charge in [0.25, 0.3) is 0 Å². The first kappa shape index (κ1) is 20.8. The number of nitrogens with zero attached hydrogens (tertiary/aromatic N) is 2. The lowest BCUT2D eigenvalue weighted by Gasteiger charge is -2.20. The second-order valence-corrected chi connectivity index (χ2v) is 5.87. The third-order valence-electron chi connectivity index (χ3n) is 3.48. The van der Waals surface area contributed by atoms with Crippen molar-refractivity contribution in [3.05, 3.63) is 35.4 Å². The van der Waals surface area contributed by atoms with Crippen LogP contribution in [-0.2, 0) is 11.0 Å². The molecule has 0 radical (unpaired) electrons. The number of amides is 1. The fourth-order valence-electron chi connectivity index (χ4n) is 1.96. The summed E-state index contributed by atoms with van der Waals surface area (Å²) in [5.41, 5.74) is -0.207. The Morgan fingerprint density at radius 1 is 1.32 bits per heavy atom. The second kappa shape index (κ2) is 9.29. The molecule has 0 aliphatic heterocycles. The van der Waals surface area contributed by atoms with Gasteiger partial charge < -0.3 is 15.5 Å². The maximum Gasteiger partial charge on any atom is 0.416 e. The molecule has 8 heteroatoms. The maximum atomic E-state index is 12.8. The summed E-state index contributed by atoms with van der Waals surface area (Å²) in [6, 6.07) is 4.74.